The van der Waals surface area contributed by atoms with Crippen molar-refractivity contribution in [2.75, 3.05) is 6.61 Å². The molecule has 0 saturated heterocycles. The molecule has 0 spiro atoms. The molecule has 1 heterocycles. The van der Waals surface area contributed by atoms with Crippen LogP contribution in [-0.2, 0) is 9.53 Å². The molecule has 0 aliphatic carbocycles. The summed E-state index contributed by atoms with van der Waals surface area (Å²) < 4.78 is 5.77. The second-order valence-electron chi connectivity index (χ2n) is 3.74. The van der Waals surface area contributed by atoms with E-state index in [1.54, 1.807) is 0 Å². The number of rotatable bonds is 6. The van der Waals surface area contributed by atoms with Crippen molar-refractivity contribution >= 4 is 28.9 Å². The minimum atomic E-state index is -0.258. The Balaban J connectivity index is 2.59. The average Bonchev–Trinajstić information content (AvgIpc) is 2.72. The summed E-state index contributed by atoms with van der Waals surface area (Å²) in [5.74, 6) is -0.190. The van der Waals surface area contributed by atoms with Gasteiger partial charge in [0.05, 0.1) is 10.9 Å². The highest BCUT2D eigenvalue weighted by Gasteiger charge is 2.20. The van der Waals surface area contributed by atoms with E-state index in [-0.39, 0.29) is 18.1 Å². The van der Waals surface area contributed by atoms with Crippen LogP contribution in [0.15, 0.2) is 12.1 Å². The first kappa shape index (κ1) is 14.5. The highest BCUT2D eigenvalue weighted by Crippen LogP contribution is 2.27. The van der Waals surface area contributed by atoms with Crippen LogP contribution in [0.25, 0.3) is 0 Å². The molecule has 2 unspecified atom stereocenters. The molecule has 0 fully saturated rings. The van der Waals surface area contributed by atoms with Crippen LogP contribution < -0.4 is 5.32 Å². The number of hydrogen-bond donors (Lipinski definition) is 1. The largest absolute Gasteiger partial charge is 0.465 e. The summed E-state index contributed by atoms with van der Waals surface area (Å²) in [6.45, 7) is 6.20. The van der Waals surface area contributed by atoms with Crippen molar-refractivity contribution in [1.29, 1.82) is 0 Å². The highest BCUT2D eigenvalue weighted by atomic mass is 35.5. The zero-order valence-corrected chi connectivity index (χ0v) is 11.9. The van der Waals surface area contributed by atoms with E-state index in [2.05, 4.69) is 5.32 Å². The fourth-order valence-corrected chi connectivity index (χ4v) is 2.61. The summed E-state index contributed by atoms with van der Waals surface area (Å²) in [6.07, 6.45) is 0.711. The van der Waals surface area contributed by atoms with Crippen molar-refractivity contribution < 1.29 is 9.53 Å². The molecule has 5 heteroatoms. The quantitative estimate of drug-likeness (QED) is 0.809. The van der Waals surface area contributed by atoms with E-state index in [1.165, 1.54) is 11.3 Å². The summed E-state index contributed by atoms with van der Waals surface area (Å²) in [4.78, 5) is 12.8. The monoisotopic (exact) mass is 275 g/mol. The molecule has 0 bridgehead atoms. The summed E-state index contributed by atoms with van der Waals surface area (Å²) in [7, 11) is 0. The van der Waals surface area contributed by atoms with Crippen LogP contribution in [0.4, 0.5) is 0 Å². The molecule has 1 N–H and O–H groups in total. The van der Waals surface area contributed by atoms with Crippen LogP contribution in [0.5, 0.6) is 0 Å². The Morgan fingerprint density at radius 1 is 1.53 bits per heavy atom. The maximum Gasteiger partial charge on any atom is 0.323 e. The van der Waals surface area contributed by atoms with Gasteiger partial charge in [0.1, 0.15) is 6.04 Å². The van der Waals surface area contributed by atoms with E-state index in [1.807, 2.05) is 32.9 Å². The Morgan fingerprint density at radius 3 is 2.71 bits per heavy atom. The van der Waals surface area contributed by atoms with Gasteiger partial charge < -0.3 is 4.74 Å². The smallest absolute Gasteiger partial charge is 0.323 e. The van der Waals surface area contributed by atoms with Crippen LogP contribution >= 0.6 is 22.9 Å². The fraction of sp³-hybridized carbons (Fsp3) is 0.583. The molecule has 0 radical (unpaired) electrons. The van der Waals surface area contributed by atoms with Crippen molar-refractivity contribution in [1.82, 2.24) is 5.32 Å². The highest BCUT2D eigenvalue weighted by molar-refractivity contribution is 7.16. The maximum atomic E-state index is 11.6. The third kappa shape index (κ3) is 4.30. The molecule has 96 valence electrons. The molecular formula is C12H18ClNO2S. The number of carbonyl (C=O) groups is 1. The van der Waals surface area contributed by atoms with E-state index in [9.17, 15) is 4.79 Å². The Hall–Kier alpha value is -0.580. The van der Waals surface area contributed by atoms with Gasteiger partial charge in [0.2, 0.25) is 0 Å². The molecule has 2 atom stereocenters. The van der Waals surface area contributed by atoms with Crippen LogP contribution in [0, 0.1) is 0 Å². The van der Waals surface area contributed by atoms with Crippen molar-refractivity contribution in [2.45, 2.75) is 39.3 Å². The molecule has 0 aliphatic rings. The number of halogens is 1. The third-order valence-electron chi connectivity index (χ3n) is 2.45. The fourth-order valence-electron chi connectivity index (χ4n) is 1.54. The standard InChI is InChI=1S/C12H18ClNO2S/c1-4-9(12(15)16-5-2)14-8(3)10-6-7-11(13)17-10/h6-9,14H,4-5H2,1-3H3. The zero-order valence-electron chi connectivity index (χ0n) is 10.3. The van der Waals surface area contributed by atoms with Gasteiger partial charge in [-0.3, -0.25) is 10.1 Å². The molecule has 1 aromatic heterocycles. The lowest BCUT2D eigenvalue weighted by Gasteiger charge is -2.19. The summed E-state index contributed by atoms with van der Waals surface area (Å²) in [5.41, 5.74) is 0. The lowest BCUT2D eigenvalue weighted by Crippen LogP contribution is -2.38. The Bertz CT molecular complexity index is 367. The molecule has 3 nitrogen and oxygen atoms in total. The second kappa shape index (κ2) is 6.99. The lowest BCUT2D eigenvalue weighted by molar-refractivity contribution is -0.145. The van der Waals surface area contributed by atoms with Crippen molar-refractivity contribution in [3.63, 3.8) is 0 Å². The number of carbonyl (C=O) groups excluding carboxylic acids is 1. The average molecular weight is 276 g/mol. The number of hydrogen-bond acceptors (Lipinski definition) is 4. The van der Waals surface area contributed by atoms with E-state index < -0.39 is 0 Å². The van der Waals surface area contributed by atoms with Gasteiger partial charge in [-0.25, -0.2) is 0 Å². The summed E-state index contributed by atoms with van der Waals surface area (Å²) in [5, 5.41) is 3.26. The first-order chi connectivity index (χ1) is 8.08. The third-order valence-corrected chi connectivity index (χ3v) is 3.87. The van der Waals surface area contributed by atoms with Crippen LogP contribution in [-0.4, -0.2) is 18.6 Å². The predicted octanol–water partition coefficient (Wildman–Crippen LogP) is 3.39. The molecule has 0 saturated carbocycles. The van der Waals surface area contributed by atoms with Gasteiger partial charge in [0, 0.05) is 10.9 Å². The first-order valence-corrected chi connectivity index (χ1v) is 6.95. The van der Waals surface area contributed by atoms with Gasteiger partial charge in [-0.1, -0.05) is 18.5 Å². The van der Waals surface area contributed by atoms with Crippen LogP contribution in [0.1, 0.15) is 38.1 Å². The number of thiophene rings is 1. The van der Waals surface area contributed by atoms with Crippen LogP contribution in [0.3, 0.4) is 0 Å². The number of ether oxygens (including phenoxy) is 1. The van der Waals surface area contributed by atoms with Crippen molar-refractivity contribution in [2.24, 2.45) is 0 Å². The molecule has 1 rings (SSSR count). The Labute approximate surface area is 111 Å². The second-order valence-corrected chi connectivity index (χ2v) is 5.49. The molecule has 17 heavy (non-hydrogen) atoms. The minimum Gasteiger partial charge on any atom is -0.465 e. The Morgan fingerprint density at radius 2 is 2.24 bits per heavy atom. The van der Waals surface area contributed by atoms with Gasteiger partial charge in [-0.05, 0) is 32.4 Å². The number of esters is 1. The molecule has 1 aromatic rings. The first-order valence-electron chi connectivity index (χ1n) is 5.76. The Kier molecular flexibility index (Phi) is 5.95. The summed E-state index contributed by atoms with van der Waals surface area (Å²) in [6, 6.07) is 3.68. The number of nitrogens with one attached hydrogen (secondary N) is 1. The van der Waals surface area contributed by atoms with E-state index in [0.717, 1.165) is 9.21 Å². The van der Waals surface area contributed by atoms with Gasteiger partial charge in [0.15, 0.2) is 0 Å². The molecular weight excluding hydrogens is 258 g/mol. The normalized spacial score (nSPS) is 14.4. The van der Waals surface area contributed by atoms with Gasteiger partial charge >= 0.3 is 5.97 Å². The topological polar surface area (TPSA) is 38.3 Å². The van der Waals surface area contributed by atoms with Crippen LogP contribution in [0.2, 0.25) is 4.34 Å². The maximum absolute atomic E-state index is 11.6. The molecule has 0 aliphatic heterocycles. The minimum absolute atomic E-state index is 0.0989. The van der Waals surface area contributed by atoms with E-state index in [0.29, 0.717) is 13.0 Å². The van der Waals surface area contributed by atoms with Crippen molar-refractivity contribution in [3.8, 4) is 0 Å². The van der Waals surface area contributed by atoms with Gasteiger partial charge in [-0.15, -0.1) is 11.3 Å². The molecule has 0 amide bonds. The van der Waals surface area contributed by atoms with Gasteiger partial charge in [0.25, 0.3) is 0 Å². The summed E-state index contributed by atoms with van der Waals surface area (Å²) >= 11 is 7.41. The zero-order chi connectivity index (χ0) is 12.8. The lowest BCUT2D eigenvalue weighted by atomic mass is 10.2. The SMILES string of the molecule is CCOC(=O)C(CC)NC(C)c1ccc(Cl)s1. The van der Waals surface area contributed by atoms with Gasteiger partial charge in [-0.2, -0.15) is 0 Å². The van der Waals surface area contributed by atoms with Crippen molar-refractivity contribution in [3.05, 3.63) is 21.3 Å². The predicted molar refractivity (Wildman–Crippen MR) is 71.6 cm³/mol. The van der Waals surface area contributed by atoms with E-state index in [4.69, 9.17) is 16.3 Å². The van der Waals surface area contributed by atoms with E-state index >= 15 is 0 Å². The molecule has 0 aromatic carbocycles.